The van der Waals surface area contributed by atoms with E-state index in [4.69, 9.17) is 0 Å². The molecule has 2 amide bonds. The first kappa shape index (κ1) is 29.3. The molecule has 212 valence electrons. The monoisotopic (exact) mass is 553 g/mol. The summed E-state index contributed by atoms with van der Waals surface area (Å²) in [5.74, 6) is 0.485. The molecule has 0 aromatic heterocycles. The smallest absolute Gasteiger partial charge is 0.238 e. The second kappa shape index (κ2) is 12.6. The van der Waals surface area contributed by atoms with Gasteiger partial charge in [-0.3, -0.25) is 9.59 Å². The van der Waals surface area contributed by atoms with Crippen LogP contribution in [0.25, 0.3) is 0 Å². The fourth-order valence-corrected chi connectivity index (χ4v) is 6.79. The summed E-state index contributed by atoms with van der Waals surface area (Å²) in [6, 6.07) is 18.3. The molecule has 2 atom stereocenters. The molecule has 1 saturated carbocycles. The number of hydrogen-bond acceptors (Lipinski definition) is 4. The number of likely N-dealkylation sites (tertiary alicyclic amines) is 1. The number of piperidine rings is 1. The van der Waals surface area contributed by atoms with Crippen LogP contribution in [0.2, 0.25) is 0 Å². The number of benzene rings is 2. The minimum Gasteiger partial charge on any atom is -0.342 e. The fraction of sp³-hybridized carbons (Fsp3) is 0.548. The summed E-state index contributed by atoms with van der Waals surface area (Å²) in [6.07, 6.45) is 2.28. The number of carbonyl (C=O) groups is 2. The molecule has 1 heterocycles. The van der Waals surface area contributed by atoms with Crippen LogP contribution >= 0.6 is 0 Å². The lowest BCUT2D eigenvalue weighted by Crippen LogP contribution is -2.52. The highest BCUT2D eigenvalue weighted by molar-refractivity contribution is 7.89. The van der Waals surface area contributed by atoms with Crippen LogP contribution in [0.3, 0.4) is 0 Å². The highest BCUT2D eigenvalue weighted by Gasteiger charge is 2.46. The van der Waals surface area contributed by atoms with Crippen molar-refractivity contribution in [1.82, 2.24) is 14.1 Å². The predicted molar refractivity (Wildman–Crippen MR) is 154 cm³/mol. The van der Waals surface area contributed by atoms with Crippen LogP contribution in [0.15, 0.2) is 54.6 Å². The highest BCUT2D eigenvalue weighted by Crippen LogP contribution is 2.48. The molecule has 0 bridgehead atoms. The van der Waals surface area contributed by atoms with E-state index in [2.05, 4.69) is 12.1 Å². The van der Waals surface area contributed by atoms with Gasteiger partial charge in [-0.1, -0.05) is 74.0 Å². The third-order valence-corrected chi connectivity index (χ3v) is 9.78. The fourth-order valence-electron chi connectivity index (χ4n) is 5.59. The first-order valence-electron chi connectivity index (χ1n) is 14.3. The van der Waals surface area contributed by atoms with Crippen molar-refractivity contribution in [1.29, 1.82) is 0 Å². The Balaban J connectivity index is 1.44. The van der Waals surface area contributed by atoms with Gasteiger partial charge in [0.15, 0.2) is 0 Å². The summed E-state index contributed by atoms with van der Waals surface area (Å²) in [7, 11) is -3.51. The van der Waals surface area contributed by atoms with Gasteiger partial charge < -0.3 is 9.80 Å². The molecule has 8 heteroatoms. The molecule has 1 unspecified atom stereocenters. The zero-order chi connectivity index (χ0) is 28.2. The second-order valence-electron chi connectivity index (χ2n) is 11.5. The molecule has 2 aliphatic rings. The van der Waals surface area contributed by atoms with Crippen molar-refractivity contribution in [3.63, 3.8) is 0 Å². The third kappa shape index (κ3) is 7.48. The van der Waals surface area contributed by atoms with Gasteiger partial charge in [-0.2, -0.15) is 4.31 Å². The number of rotatable bonds is 11. The molecular weight excluding hydrogens is 510 g/mol. The van der Waals surface area contributed by atoms with Crippen molar-refractivity contribution in [2.45, 2.75) is 65.5 Å². The van der Waals surface area contributed by atoms with Crippen LogP contribution < -0.4 is 0 Å². The van der Waals surface area contributed by atoms with E-state index in [0.29, 0.717) is 44.9 Å². The Morgan fingerprint density at radius 1 is 1.00 bits per heavy atom. The van der Waals surface area contributed by atoms with Gasteiger partial charge in [0.1, 0.15) is 0 Å². The number of aryl methyl sites for hydroxylation is 1. The third-order valence-electron chi connectivity index (χ3n) is 7.98. The largest absolute Gasteiger partial charge is 0.342 e. The first-order chi connectivity index (χ1) is 18.6. The average molecular weight is 554 g/mol. The summed E-state index contributed by atoms with van der Waals surface area (Å²) in [5, 5.41) is 0. The lowest BCUT2D eigenvalue weighted by atomic mass is 10.0. The Morgan fingerprint density at radius 2 is 1.64 bits per heavy atom. The average Bonchev–Trinajstić information content (AvgIpc) is 3.73. The van der Waals surface area contributed by atoms with E-state index in [1.807, 2.05) is 73.0 Å². The molecule has 0 spiro atoms. The standard InChI is InChI=1S/C31H43N3O4S/c1-5-39(37,38)33(20-23(2)3)22-30(35)34(21-25-13-11-24(4)12-14-25)27-15-17-32(18-16-27)31(36)29-19-28(29)26-9-7-6-8-10-26/h6-14,23,27-29H,5,15-22H2,1-4H3/t28-,29?/m1/s1. The summed E-state index contributed by atoms with van der Waals surface area (Å²) in [6.45, 7) is 9.39. The van der Waals surface area contributed by atoms with Crippen LogP contribution in [0, 0.1) is 18.8 Å². The van der Waals surface area contributed by atoms with Crippen LogP contribution in [0.5, 0.6) is 0 Å². The maximum Gasteiger partial charge on any atom is 0.238 e. The van der Waals surface area contributed by atoms with E-state index in [1.54, 1.807) is 6.92 Å². The molecular formula is C31H43N3O4S. The number of hydrogen-bond donors (Lipinski definition) is 0. The normalized spacial score (nSPS) is 19.9. The molecule has 1 aliphatic carbocycles. The molecule has 39 heavy (non-hydrogen) atoms. The van der Waals surface area contributed by atoms with E-state index >= 15 is 0 Å². The Bertz CT molecular complexity index is 1220. The number of nitrogens with zero attached hydrogens (tertiary/aromatic N) is 3. The van der Waals surface area contributed by atoms with E-state index in [-0.39, 0.29) is 42.0 Å². The highest BCUT2D eigenvalue weighted by atomic mass is 32.2. The van der Waals surface area contributed by atoms with Gasteiger partial charge in [0.2, 0.25) is 21.8 Å². The minimum atomic E-state index is -3.51. The summed E-state index contributed by atoms with van der Waals surface area (Å²) in [5.41, 5.74) is 3.40. The van der Waals surface area contributed by atoms with Crippen LogP contribution in [-0.4, -0.2) is 72.3 Å². The van der Waals surface area contributed by atoms with Crippen LogP contribution in [0.4, 0.5) is 0 Å². The SMILES string of the molecule is CCS(=O)(=O)N(CC(=O)N(Cc1ccc(C)cc1)C1CCN(C(=O)C2C[C@@H]2c2ccccc2)CC1)CC(C)C. The topological polar surface area (TPSA) is 78.0 Å². The molecule has 7 nitrogen and oxygen atoms in total. The Labute approximate surface area is 234 Å². The first-order valence-corrected chi connectivity index (χ1v) is 15.9. The molecule has 1 aliphatic heterocycles. The van der Waals surface area contributed by atoms with Gasteiger partial charge >= 0.3 is 0 Å². The predicted octanol–water partition coefficient (Wildman–Crippen LogP) is 4.43. The molecule has 0 N–H and O–H groups in total. The summed E-state index contributed by atoms with van der Waals surface area (Å²) < 4.78 is 26.9. The van der Waals surface area contributed by atoms with Crippen LogP contribution in [0.1, 0.15) is 62.6 Å². The maximum atomic E-state index is 13.7. The van der Waals surface area contributed by atoms with Gasteiger partial charge in [0.05, 0.1) is 12.3 Å². The molecule has 0 radical (unpaired) electrons. The second-order valence-corrected chi connectivity index (χ2v) is 13.8. The van der Waals surface area contributed by atoms with Crippen LogP contribution in [-0.2, 0) is 26.2 Å². The summed E-state index contributed by atoms with van der Waals surface area (Å²) >= 11 is 0. The Morgan fingerprint density at radius 3 is 2.23 bits per heavy atom. The van der Waals surface area contributed by atoms with Crippen molar-refractivity contribution in [3.8, 4) is 0 Å². The van der Waals surface area contributed by atoms with Gasteiger partial charge in [0.25, 0.3) is 0 Å². The number of amides is 2. The van der Waals surface area contributed by atoms with E-state index in [0.717, 1.165) is 17.5 Å². The van der Waals surface area contributed by atoms with Crippen molar-refractivity contribution in [2.24, 2.45) is 11.8 Å². The maximum absolute atomic E-state index is 13.7. The zero-order valence-electron chi connectivity index (χ0n) is 23.8. The van der Waals surface area contributed by atoms with Gasteiger partial charge in [0, 0.05) is 38.1 Å². The van der Waals surface area contributed by atoms with Crippen molar-refractivity contribution < 1.29 is 18.0 Å². The molecule has 1 saturated heterocycles. The van der Waals surface area contributed by atoms with E-state index < -0.39 is 10.0 Å². The molecule has 2 aromatic carbocycles. The van der Waals surface area contributed by atoms with Crippen molar-refractivity contribution >= 4 is 21.8 Å². The number of carbonyl (C=O) groups excluding carboxylic acids is 2. The lowest BCUT2D eigenvalue weighted by Gasteiger charge is -2.39. The van der Waals surface area contributed by atoms with E-state index in [9.17, 15) is 18.0 Å². The quantitative estimate of drug-likeness (QED) is 0.413. The molecule has 2 fully saturated rings. The molecule has 4 rings (SSSR count). The van der Waals surface area contributed by atoms with Crippen molar-refractivity contribution in [3.05, 3.63) is 71.3 Å². The van der Waals surface area contributed by atoms with Crippen molar-refractivity contribution in [2.75, 3.05) is 31.9 Å². The zero-order valence-corrected chi connectivity index (χ0v) is 24.6. The lowest BCUT2D eigenvalue weighted by molar-refractivity contribution is -0.138. The Kier molecular flexibility index (Phi) is 9.49. The minimum absolute atomic E-state index is 0.0311. The summed E-state index contributed by atoms with van der Waals surface area (Å²) in [4.78, 5) is 30.8. The molecule has 2 aromatic rings. The number of sulfonamides is 1. The van der Waals surface area contributed by atoms with Gasteiger partial charge in [-0.25, -0.2) is 8.42 Å². The van der Waals surface area contributed by atoms with Gasteiger partial charge in [-0.05, 0) is 56.1 Å². The van der Waals surface area contributed by atoms with E-state index in [1.165, 1.54) is 9.87 Å². The Hall–Kier alpha value is -2.71. The van der Waals surface area contributed by atoms with Gasteiger partial charge in [-0.15, -0.1) is 0 Å².